The Hall–Kier alpha value is -0.730. The van der Waals surface area contributed by atoms with Crippen LogP contribution in [0, 0.1) is 5.92 Å². The van der Waals surface area contributed by atoms with Gasteiger partial charge in [-0.1, -0.05) is 36.9 Å². The molecule has 0 heterocycles. The highest BCUT2D eigenvalue weighted by molar-refractivity contribution is 6.31. The number of ether oxygens (including phenoxy) is 1. The van der Waals surface area contributed by atoms with Crippen molar-refractivity contribution in [2.45, 2.75) is 38.5 Å². The first-order valence-corrected chi connectivity index (χ1v) is 7.29. The average Bonchev–Trinajstić information content (AvgIpc) is 2.41. The van der Waals surface area contributed by atoms with Gasteiger partial charge < -0.3 is 10.5 Å². The highest BCUT2D eigenvalue weighted by Crippen LogP contribution is 2.29. The Bertz CT molecular complexity index is 375. The molecule has 1 aromatic rings. The minimum absolute atomic E-state index is 0.601. The van der Waals surface area contributed by atoms with E-state index in [9.17, 15) is 0 Å². The molecule has 2 N–H and O–H groups in total. The molecule has 0 spiro atoms. The predicted molar refractivity (Wildman–Crippen MR) is 76.3 cm³/mol. The summed E-state index contributed by atoms with van der Waals surface area (Å²) in [6.45, 7) is 1.42. The summed E-state index contributed by atoms with van der Waals surface area (Å²) in [6.07, 6.45) is 7.45. The molecule has 0 atom stereocenters. The Kier molecular flexibility index (Phi) is 5.33. The van der Waals surface area contributed by atoms with Gasteiger partial charge in [0.05, 0.1) is 6.61 Å². The van der Waals surface area contributed by atoms with Gasteiger partial charge in [-0.25, -0.2) is 0 Å². The Morgan fingerprint density at radius 1 is 1.22 bits per heavy atom. The summed E-state index contributed by atoms with van der Waals surface area (Å²) in [5, 5.41) is 0.765. The second-order valence-corrected chi connectivity index (χ2v) is 5.48. The van der Waals surface area contributed by atoms with Crippen molar-refractivity contribution in [3.8, 4) is 5.75 Å². The Morgan fingerprint density at radius 2 is 2.00 bits per heavy atom. The van der Waals surface area contributed by atoms with E-state index in [1.807, 2.05) is 18.2 Å². The van der Waals surface area contributed by atoms with Crippen molar-refractivity contribution in [2.24, 2.45) is 11.7 Å². The minimum atomic E-state index is 0.601. The molecule has 2 nitrogen and oxygen atoms in total. The maximum Gasteiger partial charge on any atom is 0.124 e. The topological polar surface area (TPSA) is 35.2 Å². The fraction of sp³-hybridized carbons (Fsp3) is 0.600. The molecule has 0 bridgehead atoms. The van der Waals surface area contributed by atoms with Crippen LogP contribution in [0.2, 0.25) is 5.02 Å². The van der Waals surface area contributed by atoms with Gasteiger partial charge in [-0.05, 0) is 43.9 Å². The minimum Gasteiger partial charge on any atom is -0.493 e. The highest BCUT2D eigenvalue weighted by Gasteiger charge is 2.15. The van der Waals surface area contributed by atoms with Crippen LogP contribution in [-0.4, -0.2) is 13.2 Å². The largest absolute Gasteiger partial charge is 0.493 e. The lowest BCUT2D eigenvalue weighted by molar-refractivity contribution is 0.207. The molecule has 2 rings (SSSR count). The fourth-order valence-electron chi connectivity index (χ4n) is 2.62. The Balaban J connectivity index is 1.97. The van der Waals surface area contributed by atoms with E-state index in [-0.39, 0.29) is 0 Å². The van der Waals surface area contributed by atoms with Gasteiger partial charge in [-0.3, -0.25) is 0 Å². The summed E-state index contributed by atoms with van der Waals surface area (Å²) in [5.74, 6) is 1.63. The van der Waals surface area contributed by atoms with Crippen molar-refractivity contribution < 1.29 is 4.74 Å². The number of nitrogens with two attached hydrogens (primary N) is 1. The molecule has 0 radical (unpaired) electrons. The van der Waals surface area contributed by atoms with E-state index in [0.29, 0.717) is 12.5 Å². The summed E-state index contributed by atoms with van der Waals surface area (Å²) < 4.78 is 5.97. The summed E-state index contributed by atoms with van der Waals surface area (Å²) in [7, 11) is 0. The van der Waals surface area contributed by atoms with Crippen molar-refractivity contribution in [1.29, 1.82) is 0 Å². The van der Waals surface area contributed by atoms with Gasteiger partial charge >= 0.3 is 0 Å². The predicted octanol–water partition coefficient (Wildman–Crippen LogP) is 3.80. The molecule has 0 saturated heterocycles. The third-order valence-corrected chi connectivity index (χ3v) is 4.02. The van der Waals surface area contributed by atoms with Gasteiger partial charge in [-0.15, -0.1) is 0 Å². The number of halogens is 1. The number of hydrogen-bond acceptors (Lipinski definition) is 2. The van der Waals surface area contributed by atoms with Crippen LogP contribution in [0.15, 0.2) is 18.2 Å². The molecule has 0 amide bonds. The van der Waals surface area contributed by atoms with Gasteiger partial charge in [0.2, 0.25) is 0 Å². The molecule has 1 aliphatic carbocycles. The van der Waals surface area contributed by atoms with Crippen LogP contribution < -0.4 is 10.5 Å². The Morgan fingerprint density at radius 3 is 2.72 bits per heavy atom. The van der Waals surface area contributed by atoms with Crippen LogP contribution in [0.25, 0.3) is 0 Å². The van der Waals surface area contributed by atoms with Crippen LogP contribution >= 0.6 is 11.6 Å². The lowest BCUT2D eigenvalue weighted by Crippen LogP contribution is -2.16. The SMILES string of the molecule is NCCc1c(Cl)cccc1OCC1CCCCC1. The second-order valence-electron chi connectivity index (χ2n) is 5.07. The lowest BCUT2D eigenvalue weighted by Gasteiger charge is -2.22. The van der Waals surface area contributed by atoms with Gasteiger partial charge in [0.1, 0.15) is 5.75 Å². The molecule has 1 fully saturated rings. The first-order valence-electron chi connectivity index (χ1n) is 6.91. The quantitative estimate of drug-likeness (QED) is 0.881. The van der Waals surface area contributed by atoms with E-state index in [4.69, 9.17) is 22.1 Å². The molecule has 0 unspecified atom stereocenters. The number of hydrogen-bond donors (Lipinski definition) is 1. The number of rotatable bonds is 5. The van der Waals surface area contributed by atoms with Crippen molar-refractivity contribution in [2.75, 3.05) is 13.2 Å². The standard InChI is InChI=1S/C15H22ClNO/c16-14-7-4-8-15(13(14)9-10-17)18-11-12-5-2-1-3-6-12/h4,7-8,12H,1-3,5-6,9-11,17H2. The zero-order chi connectivity index (χ0) is 12.8. The third kappa shape index (κ3) is 3.63. The van der Waals surface area contributed by atoms with Crippen LogP contribution in [0.4, 0.5) is 0 Å². The summed E-state index contributed by atoms with van der Waals surface area (Å²) in [4.78, 5) is 0. The smallest absolute Gasteiger partial charge is 0.124 e. The zero-order valence-corrected chi connectivity index (χ0v) is 11.6. The first-order chi connectivity index (χ1) is 8.81. The third-order valence-electron chi connectivity index (χ3n) is 3.67. The summed E-state index contributed by atoms with van der Waals surface area (Å²) >= 11 is 6.19. The van der Waals surface area contributed by atoms with Crippen LogP contribution in [0.5, 0.6) is 5.75 Å². The number of benzene rings is 1. The van der Waals surface area contributed by atoms with Gasteiger partial charge in [0, 0.05) is 10.6 Å². The molecule has 1 aromatic carbocycles. The van der Waals surface area contributed by atoms with Crippen molar-refractivity contribution >= 4 is 11.6 Å². The molecular formula is C15H22ClNO. The van der Waals surface area contributed by atoms with Crippen molar-refractivity contribution in [3.05, 3.63) is 28.8 Å². The van der Waals surface area contributed by atoms with Gasteiger partial charge in [-0.2, -0.15) is 0 Å². The normalized spacial score (nSPS) is 16.8. The fourth-order valence-corrected chi connectivity index (χ4v) is 2.88. The van der Waals surface area contributed by atoms with E-state index in [0.717, 1.165) is 29.4 Å². The molecule has 0 aliphatic heterocycles. The molecule has 3 heteroatoms. The average molecular weight is 268 g/mol. The van der Waals surface area contributed by atoms with Crippen LogP contribution in [-0.2, 0) is 6.42 Å². The highest BCUT2D eigenvalue weighted by atomic mass is 35.5. The molecule has 1 aliphatic rings. The van der Waals surface area contributed by atoms with Crippen LogP contribution in [0.3, 0.4) is 0 Å². The lowest BCUT2D eigenvalue weighted by atomic mass is 9.90. The van der Waals surface area contributed by atoms with Crippen molar-refractivity contribution in [1.82, 2.24) is 0 Å². The second kappa shape index (κ2) is 7.01. The van der Waals surface area contributed by atoms with E-state index in [1.165, 1.54) is 32.1 Å². The van der Waals surface area contributed by atoms with Gasteiger partial charge in [0.25, 0.3) is 0 Å². The van der Waals surface area contributed by atoms with E-state index in [1.54, 1.807) is 0 Å². The van der Waals surface area contributed by atoms with E-state index >= 15 is 0 Å². The van der Waals surface area contributed by atoms with Gasteiger partial charge in [0.15, 0.2) is 0 Å². The maximum atomic E-state index is 6.19. The summed E-state index contributed by atoms with van der Waals surface area (Å²) in [6, 6.07) is 5.85. The maximum absolute atomic E-state index is 6.19. The monoisotopic (exact) mass is 267 g/mol. The molecule has 1 saturated carbocycles. The van der Waals surface area contributed by atoms with E-state index < -0.39 is 0 Å². The first kappa shape index (κ1) is 13.7. The molecule has 18 heavy (non-hydrogen) atoms. The Labute approximate surface area is 114 Å². The summed E-state index contributed by atoms with van der Waals surface area (Å²) in [5.41, 5.74) is 6.68. The molecule has 100 valence electrons. The molecule has 0 aromatic heterocycles. The van der Waals surface area contributed by atoms with E-state index in [2.05, 4.69) is 0 Å². The van der Waals surface area contributed by atoms with Crippen LogP contribution in [0.1, 0.15) is 37.7 Å². The molecular weight excluding hydrogens is 246 g/mol. The van der Waals surface area contributed by atoms with Crippen molar-refractivity contribution in [3.63, 3.8) is 0 Å². The zero-order valence-electron chi connectivity index (χ0n) is 10.8.